The molecule has 0 heterocycles. The molecular formula is C11H24N2. The molecule has 1 aliphatic carbocycles. The lowest BCUT2D eigenvalue weighted by Gasteiger charge is -2.32. The van der Waals surface area contributed by atoms with E-state index in [1.54, 1.807) is 0 Å². The fourth-order valence-electron chi connectivity index (χ4n) is 2.17. The van der Waals surface area contributed by atoms with Crippen molar-refractivity contribution in [3.8, 4) is 0 Å². The van der Waals surface area contributed by atoms with Crippen LogP contribution >= 0.6 is 0 Å². The number of nitrogens with zero attached hydrogens (tertiary/aromatic N) is 1. The smallest absolute Gasteiger partial charge is 0.0165 e. The Hall–Kier alpha value is -0.0800. The molecular weight excluding hydrogens is 160 g/mol. The van der Waals surface area contributed by atoms with Crippen LogP contribution in [0.3, 0.4) is 0 Å². The largest absolute Gasteiger partial charge is 0.327 e. The fraction of sp³-hybridized carbons (Fsp3) is 1.00. The van der Waals surface area contributed by atoms with Gasteiger partial charge in [0, 0.05) is 18.6 Å². The second-order valence-electron chi connectivity index (χ2n) is 4.40. The molecule has 0 aromatic heterocycles. The molecule has 2 heteroatoms. The molecule has 1 aliphatic rings. The molecule has 2 N–H and O–H groups in total. The lowest BCUT2D eigenvalue weighted by Crippen LogP contribution is -2.41. The Morgan fingerprint density at radius 3 is 2.46 bits per heavy atom. The highest BCUT2D eigenvalue weighted by atomic mass is 15.1. The molecule has 0 saturated heterocycles. The molecule has 0 aromatic carbocycles. The van der Waals surface area contributed by atoms with Gasteiger partial charge in [0.05, 0.1) is 0 Å². The predicted octanol–water partition coefficient (Wildman–Crippen LogP) is 1.99. The molecule has 0 aromatic rings. The van der Waals surface area contributed by atoms with Crippen molar-refractivity contribution in [2.75, 3.05) is 13.6 Å². The number of nitrogens with two attached hydrogens (primary N) is 1. The zero-order valence-corrected chi connectivity index (χ0v) is 9.13. The van der Waals surface area contributed by atoms with Crippen molar-refractivity contribution in [2.45, 2.75) is 57.5 Å². The van der Waals surface area contributed by atoms with Gasteiger partial charge in [-0.1, -0.05) is 26.2 Å². The highest BCUT2D eigenvalue weighted by Gasteiger charge is 2.18. The molecule has 1 saturated carbocycles. The third kappa shape index (κ3) is 3.65. The van der Waals surface area contributed by atoms with Gasteiger partial charge in [-0.15, -0.1) is 0 Å². The topological polar surface area (TPSA) is 29.3 Å². The number of hydrogen-bond acceptors (Lipinski definition) is 2. The molecule has 2 nitrogen and oxygen atoms in total. The van der Waals surface area contributed by atoms with Crippen molar-refractivity contribution in [3.63, 3.8) is 0 Å². The summed E-state index contributed by atoms with van der Waals surface area (Å²) in [5.41, 5.74) is 5.94. The van der Waals surface area contributed by atoms with Gasteiger partial charge in [-0.3, -0.25) is 0 Å². The monoisotopic (exact) mass is 184 g/mol. The highest BCUT2D eigenvalue weighted by Crippen LogP contribution is 2.21. The van der Waals surface area contributed by atoms with E-state index in [-0.39, 0.29) is 0 Å². The van der Waals surface area contributed by atoms with Crippen molar-refractivity contribution < 1.29 is 0 Å². The first-order valence-electron chi connectivity index (χ1n) is 5.70. The molecule has 1 fully saturated rings. The number of rotatable bonds is 4. The Labute approximate surface area is 82.5 Å². The lowest BCUT2D eigenvalue weighted by molar-refractivity contribution is 0.181. The summed E-state index contributed by atoms with van der Waals surface area (Å²) in [5, 5.41) is 0. The summed E-state index contributed by atoms with van der Waals surface area (Å²) in [4.78, 5) is 2.47. The molecule has 0 bridgehead atoms. The zero-order chi connectivity index (χ0) is 9.68. The van der Waals surface area contributed by atoms with Crippen LogP contribution in [-0.2, 0) is 0 Å². The van der Waals surface area contributed by atoms with Gasteiger partial charge in [-0.05, 0) is 26.3 Å². The van der Waals surface area contributed by atoms with E-state index in [1.807, 2.05) is 0 Å². The van der Waals surface area contributed by atoms with Gasteiger partial charge in [0.1, 0.15) is 0 Å². The second-order valence-corrected chi connectivity index (χ2v) is 4.40. The fourth-order valence-corrected chi connectivity index (χ4v) is 2.17. The van der Waals surface area contributed by atoms with E-state index in [2.05, 4.69) is 18.9 Å². The maximum absolute atomic E-state index is 5.94. The van der Waals surface area contributed by atoms with E-state index in [1.165, 1.54) is 32.1 Å². The van der Waals surface area contributed by atoms with Crippen LogP contribution in [0, 0.1) is 0 Å². The normalized spacial score (nSPS) is 22.2. The molecule has 0 amide bonds. The first-order valence-corrected chi connectivity index (χ1v) is 5.70. The maximum Gasteiger partial charge on any atom is 0.0165 e. The van der Waals surface area contributed by atoms with Crippen LogP contribution in [0.15, 0.2) is 0 Å². The van der Waals surface area contributed by atoms with Gasteiger partial charge >= 0.3 is 0 Å². The molecule has 0 spiro atoms. The van der Waals surface area contributed by atoms with Crippen LogP contribution in [0.5, 0.6) is 0 Å². The van der Waals surface area contributed by atoms with Crippen molar-refractivity contribution in [2.24, 2.45) is 5.73 Å². The Morgan fingerprint density at radius 2 is 1.92 bits per heavy atom. The van der Waals surface area contributed by atoms with Crippen molar-refractivity contribution in [3.05, 3.63) is 0 Å². The average Bonchev–Trinajstić information content (AvgIpc) is 2.19. The summed E-state index contributed by atoms with van der Waals surface area (Å²) in [6, 6.07) is 1.18. The van der Waals surface area contributed by atoms with Gasteiger partial charge in [-0.2, -0.15) is 0 Å². The minimum Gasteiger partial charge on any atom is -0.327 e. The Bertz CT molecular complexity index is 130. The second kappa shape index (κ2) is 5.61. The van der Waals surface area contributed by atoms with Crippen LogP contribution in [0.25, 0.3) is 0 Å². The van der Waals surface area contributed by atoms with E-state index in [0.717, 1.165) is 19.0 Å². The summed E-state index contributed by atoms with van der Waals surface area (Å²) in [5.74, 6) is 0. The molecule has 13 heavy (non-hydrogen) atoms. The van der Waals surface area contributed by atoms with E-state index < -0.39 is 0 Å². The third-order valence-electron chi connectivity index (χ3n) is 3.24. The molecule has 1 rings (SSSR count). The van der Waals surface area contributed by atoms with Crippen LogP contribution in [0.4, 0.5) is 0 Å². The van der Waals surface area contributed by atoms with Gasteiger partial charge < -0.3 is 10.6 Å². The Kier molecular flexibility index (Phi) is 4.74. The Morgan fingerprint density at radius 1 is 1.31 bits per heavy atom. The summed E-state index contributed by atoms with van der Waals surface area (Å²) < 4.78 is 0. The Balaban J connectivity index is 2.24. The lowest BCUT2D eigenvalue weighted by atomic mass is 9.94. The molecule has 78 valence electrons. The summed E-state index contributed by atoms with van der Waals surface area (Å²) in [6.07, 6.45) is 8.12. The van der Waals surface area contributed by atoms with Gasteiger partial charge in [0.25, 0.3) is 0 Å². The van der Waals surface area contributed by atoms with Crippen LogP contribution in [0.1, 0.15) is 45.4 Å². The SMILES string of the molecule is CCC(N)CN(C)C1CCCCC1. The van der Waals surface area contributed by atoms with E-state index in [0.29, 0.717) is 6.04 Å². The quantitative estimate of drug-likeness (QED) is 0.724. The minimum absolute atomic E-state index is 0.368. The first-order chi connectivity index (χ1) is 6.24. The summed E-state index contributed by atoms with van der Waals surface area (Å²) >= 11 is 0. The third-order valence-corrected chi connectivity index (χ3v) is 3.24. The zero-order valence-electron chi connectivity index (χ0n) is 9.13. The first kappa shape index (κ1) is 11.0. The van der Waals surface area contributed by atoms with Crippen molar-refractivity contribution >= 4 is 0 Å². The van der Waals surface area contributed by atoms with Crippen molar-refractivity contribution in [1.82, 2.24) is 4.90 Å². The minimum atomic E-state index is 0.368. The van der Waals surface area contributed by atoms with Gasteiger partial charge in [-0.25, -0.2) is 0 Å². The maximum atomic E-state index is 5.94. The van der Waals surface area contributed by atoms with Crippen LogP contribution in [0.2, 0.25) is 0 Å². The number of likely N-dealkylation sites (N-methyl/N-ethyl adjacent to an activating group) is 1. The van der Waals surface area contributed by atoms with E-state index in [4.69, 9.17) is 5.73 Å². The van der Waals surface area contributed by atoms with Crippen molar-refractivity contribution in [1.29, 1.82) is 0 Å². The van der Waals surface area contributed by atoms with E-state index >= 15 is 0 Å². The van der Waals surface area contributed by atoms with E-state index in [9.17, 15) is 0 Å². The predicted molar refractivity (Wildman–Crippen MR) is 57.8 cm³/mol. The molecule has 1 atom stereocenters. The van der Waals surface area contributed by atoms with Gasteiger partial charge in [0.2, 0.25) is 0 Å². The summed E-state index contributed by atoms with van der Waals surface area (Å²) in [6.45, 7) is 3.24. The molecule has 1 unspecified atom stereocenters. The standard InChI is InChI=1S/C11H24N2/c1-3-10(12)9-13(2)11-7-5-4-6-8-11/h10-11H,3-9,12H2,1-2H3. The van der Waals surface area contributed by atoms with Crippen LogP contribution < -0.4 is 5.73 Å². The number of hydrogen-bond donors (Lipinski definition) is 1. The van der Waals surface area contributed by atoms with Gasteiger partial charge in [0.15, 0.2) is 0 Å². The average molecular weight is 184 g/mol. The molecule has 0 radical (unpaired) electrons. The highest BCUT2D eigenvalue weighted by molar-refractivity contribution is 4.76. The summed E-state index contributed by atoms with van der Waals surface area (Å²) in [7, 11) is 2.23. The van der Waals surface area contributed by atoms with Crippen LogP contribution in [-0.4, -0.2) is 30.6 Å². The molecule has 0 aliphatic heterocycles.